The van der Waals surface area contributed by atoms with Crippen LogP contribution in [-0.2, 0) is 0 Å². The van der Waals surface area contributed by atoms with E-state index in [1.54, 1.807) is 0 Å². The van der Waals surface area contributed by atoms with Crippen molar-refractivity contribution in [1.29, 1.82) is 10.5 Å². The van der Waals surface area contributed by atoms with Crippen LogP contribution in [0.2, 0.25) is 0 Å². The summed E-state index contributed by atoms with van der Waals surface area (Å²) in [5.41, 5.74) is 1.63. The predicted molar refractivity (Wildman–Crippen MR) is 74.6 cm³/mol. The first kappa shape index (κ1) is 13.4. The van der Waals surface area contributed by atoms with Gasteiger partial charge in [0.15, 0.2) is 0 Å². The fourth-order valence-electron chi connectivity index (χ4n) is 2.58. The molecule has 1 aromatic carbocycles. The minimum absolute atomic E-state index is 0.153. The average Bonchev–Trinajstić information content (AvgIpc) is 2.43. The molecular formula is C15H18N4. The van der Waals surface area contributed by atoms with Crippen LogP contribution in [-0.4, -0.2) is 37.1 Å². The molecule has 0 amide bonds. The Hall–Kier alpha value is -2.04. The number of nitriles is 2. The Morgan fingerprint density at radius 1 is 1.26 bits per heavy atom. The lowest BCUT2D eigenvalue weighted by molar-refractivity contribution is 0.201. The average molecular weight is 254 g/mol. The molecule has 0 aliphatic carbocycles. The molecular weight excluding hydrogens is 236 g/mol. The Bertz CT molecular complexity index is 526. The number of anilines is 1. The molecule has 1 aliphatic rings. The monoisotopic (exact) mass is 254 g/mol. The molecule has 0 spiro atoms. The van der Waals surface area contributed by atoms with Gasteiger partial charge in [-0.25, -0.2) is 0 Å². The molecule has 1 aromatic rings. The van der Waals surface area contributed by atoms with Crippen molar-refractivity contribution in [3.8, 4) is 12.1 Å². The molecule has 4 heteroatoms. The second-order valence-electron chi connectivity index (χ2n) is 5.09. The second kappa shape index (κ2) is 5.73. The van der Waals surface area contributed by atoms with Crippen LogP contribution in [0, 0.1) is 22.7 Å². The molecule has 1 saturated heterocycles. The number of benzene rings is 1. The highest BCUT2D eigenvalue weighted by molar-refractivity contribution is 5.60. The highest BCUT2D eigenvalue weighted by Crippen LogP contribution is 2.27. The molecule has 0 aromatic heterocycles. The first-order chi connectivity index (χ1) is 9.17. The topological polar surface area (TPSA) is 54.1 Å². The van der Waals surface area contributed by atoms with Gasteiger partial charge in [-0.15, -0.1) is 0 Å². The predicted octanol–water partition coefficient (Wildman–Crippen LogP) is 1.98. The second-order valence-corrected chi connectivity index (χ2v) is 5.09. The zero-order chi connectivity index (χ0) is 13.8. The summed E-state index contributed by atoms with van der Waals surface area (Å²) in [6.07, 6.45) is 0.483. The third kappa shape index (κ3) is 2.70. The van der Waals surface area contributed by atoms with Crippen molar-refractivity contribution in [2.75, 3.05) is 25.0 Å². The smallest absolute Gasteiger partial charge is 0.101 e. The molecule has 4 nitrogen and oxygen atoms in total. The van der Waals surface area contributed by atoms with E-state index in [-0.39, 0.29) is 6.04 Å². The number of para-hydroxylation sites is 1. The summed E-state index contributed by atoms with van der Waals surface area (Å²) < 4.78 is 0. The summed E-state index contributed by atoms with van der Waals surface area (Å²) in [5, 5.41) is 18.2. The molecule has 1 aliphatic heterocycles. The number of rotatable bonds is 2. The summed E-state index contributed by atoms with van der Waals surface area (Å²) >= 11 is 0. The van der Waals surface area contributed by atoms with E-state index in [0.29, 0.717) is 18.0 Å². The molecule has 1 fully saturated rings. The molecule has 0 saturated carbocycles. The quantitative estimate of drug-likeness (QED) is 0.809. The van der Waals surface area contributed by atoms with Gasteiger partial charge in [0, 0.05) is 19.1 Å². The van der Waals surface area contributed by atoms with Crippen LogP contribution >= 0.6 is 0 Å². The standard InChI is InChI=1S/C15H18N4/c1-12-10-19(14(7-8-16)11-18(12)2)15-6-4-3-5-13(15)9-17/h3-6,12,14H,7,10-11H2,1-2H3. The van der Waals surface area contributed by atoms with Crippen molar-refractivity contribution >= 4 is 5.69 Å². The largest absolute Gasteiger partial charge is 0.364 e. The number of nitrogens with zero attached hydrogens (tertiary/aromatic N) is 4. The Kier molecular flexibility index (Phi) is 4.04. The van der Waals surface area contributed by atoms with E-state index in [1.807, 2.05) is 24.3 Å². The molecule has 2 rings (SSSR count). The zero-order valence-corrected chi connectivity index (χ0v) is 11.4. The Labute approximate surface area is 114 Å². The third-order valence-corrected chi connectivity index (χ3v) is 3.81. The van der Waals surface area contributed by atoms with Crippen LogP contribution in [0.5, 0.6) is 0 Å². The first-order valence-corrected chi connectivity index (χ1v) is 6.50. The molecule has 1 heterocycles. The van der Waals surface area contributed by atoms with E-state index in [0.717, 1.165) is 18.8 Å². The molecule has 0 bridgehead atoms. The van der Waals surface area contributed by atoms with Gasteiger partial charge in [-0.05, 0) is 26.1 Å². The van der Waals surface area contributed by atoms with E-state index in [4.69, 9.17) is 5.26 Å². The van der Waals surface area contributed by atoms with Crippen molar-refractivity contribution in [3.05, 3.63) is 29.8 Å². The summed E-state index contributed by atoms with van der Waals surface area (Å²) in [6.45, 7) is 3.88. The number of hydrogen-bond acceptors (Lipinski definition) is 4. The molecule has 2 unspecified atom stereocenters. The third-order valence-electron chi connectivity index (χ3n) is 3.81. The summed E-state index contributed by atoms with van der Waals surface area (Å²) in [7, 11) is 2.09. The molecule has 2 atom stereocenters. The zero-order valence-electron chi connectivity index (χ0n) is 11.4. The van der Waals surface area contributed by atoms with Gasteiger partial charge in [-0.1, -0.05) is 12.1 Å². The molecule has 98 valence electrons. The van der Waals surface area contributed by atoms with E-state index in [2.05, 4.69) is 35.9 Å². The fourth-order valence-corrected chi connectivity index (χ4v) is 2.58. The number of piperazine rings is 1. The van der Waals surface area contributed by atoms with Gasteiger partial charge in [0.1, 0.15) is 6.07 Å². The van der Waals surface area contributed by atoms with Gasteiger partial charge in [-0.3, -0.25) is 4.90 Å². The molecule has 0 N–H and O–H groups in total. The van der Waals surface area contributed by atoms with Crippen LogP contribution in [0.3, 0.4) is 0 Å². The van der Waals surface area contributed by atoms with Crippen molar-refractivity contribution in [2.45, 2.75) is 25.4 Å². The van der Waals surface area contributed by atoms with Gasteiger partial charge in [0.25, 0.3) is 0 Å². The van der Waals surface area contributed by atoms with Gasteiger partial charge >= 0.3 is 0 Å². The van der Waals surface area contributed by atoms with Crippen molar-refractivity contribution in [1.82, 2.24) is 4.90 Å². The van der Waals surface area contributed by atoms with Crippen molar-refractivity contribution in [2.24, 2.45) is 0 Å². The Morgan fingerprint density at radius 2 is 2.00 bits per heavy atom. The normalized spacial score (nSPS) is 23.7. The highest BCUT2D eigenvalue weighted by atomic mass is 15.3. The summed E-state index contributed by atoms with van der Waals surface area (Å²) in [6, 6.07) is 12.7. The first-order valence-electron chi connectivity index (χ1n) is 6.50. The maximum absolute atomic E-state index is 9.23. The Balaban J connectivity index is 2.34. The summed E-state index contributed by atoms with van der Waals surface area (Å²) in [4.78, 5) is 4.49. The minimum atomic E-state index is 0.153. The lowest BCUT2D eigenvalue weighted by Crippen LogP contribution is -2.56. The Morgan fingerprint density at radius 3 is 2.68 bits per heavy atom. The van der Waals surface area contributed by atoms with Crippen molar-refractivity contribution < 1.29 is 0 Å². The summed E-state index contributed by atoms with van der Waals surface area (Å²) in [5.74, 6) is 0. The van der Waals surface area contributed by atoms with Gasteiger partial charge in [-0.2, -0.15) is 10.5 Å². The van der Waals surface area contributed by atoms with Gasteiger partial charge in [0.05, 0.1) is 29.8 Å². The number of likely N-dealkylation sites (N-methyl/N-ethyl adjacent to an activating group) is 1. The maximum atomic E-state index is 9.23. The van der Waals surface area contributed by atoms with Crippen molar-refractivity contribution in [3.63, 3.8) is 0 Å². The van der Waals surface area contributed by atoms with E-state index >= 15 is 0 Å². The van der Waals surface area contributed by atoms with E-state index < -0.39 is 0 Å². The van der Waals surface area contributed by atoms with Gasteiger partial charge < -0.3 is 4.90 Å². The minimum Gasteiger partial charge on any atom is -0.364 e. The lowest BCUT2D eigenvalue weighted by Gasteiger charge is -2.44. The molecule has 0 radical (unpaired) electrons. The fraction of sp³-hybridized carbons (Fsp3) is 0.467. The molecule has 19 heavy (non-hydrogen) atoms. The van der Waals surface area contributed by atoms with Crippen LogP contribution in [0.4, 0.5) is 5.69 Å². The van der Waals surface area contributed by atoms with Crippen LogP contribution in [0.25, 0.3) is 0 Å². The maximum Gasteiger partial charge on any atom is 0.101 e. The van der Waals surface area contributed by atoms with Crippen LogP contribution < -0.4 is 4.90 Å². The van der Waals surface area contributed by atoms with E-state index in [9.17, 15) is 5.26 Å². The SMILES string of the molecule is CC1CN(c2ccccc2C#N)C(CC#N)CN1C. The number of hydrogen-bond donors (Lipinski definition) is 0. The lowest BCUT2D eigenvalue weighted by atomic mass is 10.0. The van der Waals surface area contributed by atoms with Gasteiger partial charge in [0.2, 0.25) is 0 Å². The van der Waals surface area contributed by atoms with Crippen LogP contribution in [0.1, 0.15) is 18.9 Å². The van der Waals surface area contributed by atoms with Crippen LogP contribution in [0.15, 0.2) is 24.3 Å². The highest BCUT2D eigenvalue weighted by Gasteiger charge is 2.30. The van der Waals surface area contributed by atoms with E-state index in [1.165, 1.54) is 0 Å².